The second kappa shape index (κ2) is 6.48. The fourth-order valence-electron chi connectivity index (χ4n) is 2.92. The molecule has 0 aliphatic carbocycles. The molecule has 0 unspecified atom stereocenters. The van der Waals surface area contributed by atoms with Gasteiger partial charge in [0.05, 0.1) is 0 Å². The van der Waals surface area contributed by atoms with Gasteiger partial charge in [-0.05, 0) is 56.5 Å². The van der Waals surface area contributed by atoms with Crippen molar-refractivity contribution in [2.24, 2.45) is 0 Å². The molecule has 0 aromatic carbocycles. The molecular formula is C15H24N2S. The number of aromatic amines is 1. The van der Waals surface area contributed by atoms with Crippen LogP contribution in [0.3, 0.4) is 0 Å². The largest absolute Gasteiger partial charge is 0.353 e. The minimum absolute atomic E-state index is 0.595. The molecule has 1 aromatic heterocycles. The summed E-state index contributed by atoms with van der Waals surface area (Å²) in [6.07, 6.45) is 8.70. The number of aryl methyl sites for hydroxylation is 1. The molecule has 1 aliphatic rings. The van der Waals surface area contributed by atoms with Crippen molar-refractivity contribution in [2.75, 3.05) is 13.1 Å². The average molecular weight is 264 g/mol. The lowest BCUT2D eigenvalue weighted by molar-refractivity contribution is 0.146. The number of nitrogens with zero attached hydrogens (tertiary/aromatic N) is 1. The lowest BCUT2D eigenvalue weighted by Gasteiger charge is -2.36. The van der Waals surface area contributed by atoms with E-state index in [1.807, 2.05) is 0 Å². The Balaban J connectivity index is 2.19. The van der Waals surface area contributed by atoms with Crippen molar-refractivity contribution in [1.29, 1.82) is 0 Å². The average Bonchev–Trinajstić information content (AvgIpc) is 2.37. The van der Waals surface area contributed by atoms with Crippen LogP contribution in [0.4, 0.5) is 0 Å². The Morgan fingerprint density at radius 2 is 2.28 bits per heavy atom. The van der Waals surface area contributed by atoms with E-state index in [4.69, 9.17) is 12.2 Å². The first-order valence-corrected chi connectivity index (χ1v) is 7.56. The Morgan fingerprint density at radius 1 is 1.44 bits per heavy atom. The Kier molecular flexibility index (Phi) is 4.95. The number of pyridine rings is 1. The maximum Gasteiger partial charge on any atom is 0.103 e. The molecule has 1 saturated heterocycles. The number of likely N-dealkylation sites (tertiary alicyclic amines) is 1. The molecule has 0 bridgehead atoms. The van der Waals surface area contributed by atoms with Gasteiger partial charge in [-0.15, -0.1) is 0 Å². The van der Waals surface area contributed by atoms with E-state index in [-0.39, 0.29) is 0 Å². The van der Waals surface area contributed by atoms with Gasteiger partial charge < -0.3 is 4.98 Å². The summed E-state index contributed by atoms with van der Waals surface area (Å²) >= 11 is 5.19. The van der Waals surface area contributed by atoms with Gasteiger partial charge in [0.25, 0.3) is 0 Å². The van der Waals surface area contributed by atoms with Crippen LogP contribution in [0.25, 0.3) is 0 Å². The van der Waals surface area contributed by atoms with Gasteiger partial charge in [0.1, 0.15) is 4.64 Å². The molecular weight excluding hydrogens is 240 g/mol. The van der Waals surface area contributed by atoms with Crippen molar-refractivity contribution in [3.05, 3.63) is 28.0 Å². The Bertz CT molecular complexity index is 438. The highest BCUT2D eigenvalue weighted by atomic mass is 32.1. The summed E-state index contributed by atoms with van der Waals surface area (Å²) in [6.45, 7) is 6.94. The zero-order chi connectivity index (χ0) is 13.0. The van der Waals surface area contributed by atoms with Crippen molar-refractivity contribution >= 4 is 12.2 Å². The highest BCUT2D eigenvalue weighted by molar-refractivity contribution is 7.71. The number of rotatable bonds is 4. The highest BCUT2D eigenvalue weighted by Crippen LogP contribution is 2.32. The van der Waals surface area contributed by atoms with Gasteiger partial charge in [-0.1, -0.05) is 32.0 Å². The number of H-pyrrole nitrogens is 1. The van der Waals surface area contributed by atoms with Gasteiger partial charge in [0, 0.05) is 12.2 Å². The van der Waals surface area contributed by atoms with Crippen LogP contribution < -0.4 is 0 Å². The van der Waals surface area contributed by atoms with Crippen molar-refractivity contribution in [1.82, 2.24) is 9.88 Å². The number of piperidine rings is 1. The molecule has 1 aromatic rings. The predicted molar refractivity (Wildman–Crippen MR) is 79.4 cm³/mol. The molecule has 1 fully saturated rings. The minimum Gasteiger partial charge on any atom is -0.353 e. The van der Waals surface area contributed by atoms with Crippen LogP contribution >= 0.6 is 12.2 Å². The summed E-state index contributed by atoms with van der Waals surface area (Å²) in [5.74, 6) is 0. The zero-order valence-electron chi connectivity index (χ0n) is 11.5. The number of hydrogen-bond donors (Lipinski definition) is 1. The molecule has 100 valence electrons. The first-order chi connectivity index (χ1) is 8.72. The maximum atomic E-state index is 5.19. The first-order valence-electron chi connectivity index (χ1n) is 7.15. The van der Waals surface area contributed by atoms with Crippen molar-refractivity contribution in [3.63, 3.8) is 0 Å². The second-order valence-electron chi connectivity index (χ2n) is 5.34. The monoisotopic (exact) mass is 264 g/mol. The van der Waals surface area contributed by atoms with Crippen LogP contribution in [0, 0.1) is 11.6 Å². The number of aromatic nitrogens is 1. The Hall–Kier alpha value is -0.670. The molecule has 0 spiro atoms. The lowest BCUT2D eigenvalue weighted by Crippen LogP contribution is -2.34. The summed E-state index contributed by atoms with van der Waals surface area (Å²) in [5, 5.41) is 0. The molecule has 0 radical (unpaired) electrons. The second-order valence-corrected chi connectivity index (χ2v) is 5.78. The third-order valence-electron chi connectivity index (χ3n) is 3.94. The molecule has 1 N–H and O–H groups in total. The molecule has 2 rings (SSSR count). The minimum atomic E-state index is 0.595. The van der Waals surface area contributed by atoms with Crippen LogP contribution in [0.1, 0.15) is 56.2 Å². The van der Waals surface area contributed by atoms with E-state index >= 15 is 0 Å². The first kappa shape index (κ1) is 13.8. The summed E-state index contributed by atoms with van der Waals surface area (Å²) < 4.78 is 0.840. The third kappa shape index (κ3) is 3.21. The smallest absolute Gasteiger partial charge is 0.103 e. The quantitative estimate of drug-likeness (QED) is 0.814. The standard InChI is InChI=1S/C15H24N2S/c1-3-4-8-17-9-6-5-7-14(17)13-11-16-15(18)10-12(13)2/h10-11,14H,3-9H2,1-2H3,(H,16,18)/t14-/m1/s1. The molecule has 1 aliphatic heterocycles. The van der Waals surface area contributed by atoms with Crippen LogP contribution in [0.2, 0.25) is 0 Å². The van der Waals surface area contributed by atoms with E-state index in [2.05, 4.69) is 36.0 Å². The van der Waals surface area contributed by atoms with E-state index in [0.717, 1.165) is 4.64 Å². The fraction of sp³-hybridized carbons (Fsp3) is 0.667. The predicted octanol–water partition coefficient (Wildman–Crippen LogP) is 4.38. The third-order valence-corrected chi connectivity index (χ3v) is 4.18. The topological polar surface area (TPSA) is 19.0 Å². The fourth-order valence-corrected chi connectivity index (χ4v) is 3.15. The van der Waals surface area contributed by atoms with E-state index in [0.29, 0.717) is 6.04 Å². The van der Waals surface area contributed by atoms with Gasteiger partial charge in [0.15, 0.2) is 0 Å². The molecule has 3 heteroatoms. The van der Waals surface area contributed by atoms with Crippen molar-refractivity contribution in [2.45, 2.75) is 52.0 Å². The van der Waals surface area contributed by atoms with Crippen LogP contribution in [0.5, 0.6) is 0 Å². The van der Waals surface area contributed by atoms with Crippen LogP contribution in [-0.4, -0.2) is 23.0 Å². The highest BCUT2D eigenvalue weighted by Gasteiger charge is 2.24. The number of hydrogen-bond acceptors (Lipinski definition) is 2. The van der Waals surface area contributed by atoms with E-state index < -0.39 is 0 Å². The van der Waals surface area contributed by atoms with Gasteiger partial charge in [-0.2, -0.15) is 0 Å². The van der Waals surface area contributed by atoms with E-state index in [9.17, 15) is 0 Å². The summed E-state index contributed by atoms with van der Waals surface area (Å²) in [5.41, 5.74) is 2.78. The molecule has 2 nitrogen and oxygen atoms in total. The Labute approximate surface area is 115 Å². The van der Waals surface area contributed by atoms with Gasteiger partial charge >= 0.3 is 0 Å². The van der Waals surface area contributed by atoms with Gasteiger partial charge in [-0.25, -0.2) is 0 Å². The Morgan fingerprint density at radius 3 is 3.00 bits per heavy atom. The zero-order valence-corrected chi connectivity index (χ0v) is 12.4. The molecule has 1 atom stereocenters. The molecule has 0 amide bonds. The van der Waals surface area contributed by atoms with Crippen LogP contribution in [-0.2, 0) is 0 Å². The molecule has 2 heterocycles. The van der Waals surface area contributed by atoms with Crippen LogP contribution in [0.15, 0.2) is 12.3 Å². The van der Waals surface area contributed by atoms with Crippen molar-refractivity contribution < 1.29 is 0 Å². The summed E-state index contributed by atoms with van der Waals surface area (Å²) in [7, 11) is 0. The lowest BCUT2D eigenvalue weighted by atomic mass is 9.93. The number of nitrogens with one attached hydrogen (secondary N) is 1. The van der Waals surface area contributed by atoms with Gasteiger partial charge in [-0.3, -0.25) is 4.90 Å². The molecule has 0 saturated carbocycles. The summed E-state index contributed by atoms with van der Waals surface area (Å²) in [4.78, 5) is 5.86. The van der Waals surface area contributed by atoms with Crippen molar-refractivity contribution in [3.8, 4) is 0 Å². The number of unbranched alkanes of at least 4 members (excludes halogenated alkanes) is 1. The van der Waals surface area contributed by atoms with Gasteiger partial charge in [0.2, 0.25) is 0 Å². The normalized spacial score (nSPS) is 21.1. The SMILES string of the molecule is CCCCN1CCCC[C@@H]1c1c[nH]c(=S)cc1C. The molecule has 18 heavy (non-hydrogen) atoms. The maximum absolute atomic E-state index is 5.19. The summed E-state index contributed by atoms with van der Waals surface area (Å²) in [6, 6.07) is 2.69. The van der Waals surface area contributed by atoms with E-state index in [1.54, 1.807) is 0 Å². The van der Waals surface area contributed by atoms with E-state index in [1.165, 1.54) is 56.3 Å².